The SMILES string of the molecule is O=C(c1ccc([N+](=O)[O-])cc1O)N1CCC(Cc2cccnc2)CC1. The minimum absolute atomic E-state index is 0.108. The van der Waals surface area contributed by atoms with Crippen LogP contribution in [0.3, 0.4) is 0 Å². The molecule has 25 heavy (non-hydrogen) atoms. The van der Waals surface area contributed by atoms with Gasteiger partial charge in [-0.3, -0.25) is 19.9 Å². The summed E-state index contributed by atoms with van der Waals surface area (Å²) in [5.74, 6) is -0.136. The van der Waals surface area contributed by atoms with Crippen LogP contribution in [0, 0.1) is 16.0 Å². The van der Waals surface area contributed by atoms with Crippen molar-refractivity contribution in [1.82, 2.24) is 9.88 Å². The zero-order valence-electron chi connectivity index (χ0n) is 13.7. The van der Waals surface area contributed by atoms with Gasteiger partial charge in [-0.15, -0.1) is 0 Å². The summed E-state index contributed by atoms with van der Waals surface area (Å²) in [6.07, 6.45) is 6.33. The Balaban J connectivity index is 1.61. The molecule has 0 spiro atoms. The van der Waals surface area contributed by atoms with E-state index in [2.05, 4.69) is 11.1 Å². The number of phenolic OH excluding ortho intramolecular Hbond substituents is 1. The maximum Gasteiger partial charge on any atom is 0.273 e. The Morgan fingerprint density at radius 1 is 1.32 bits per heavy atom. The molecule has 130 valence electrons. The standard InChI is InChI=1S/C18H19N3O4/c22-17-11-15(21(24)25)3-4-16(17)18(23)20-8-5-13(6-9-20)10-14-2-1-7-19-12-14/h1-4,7,11-13,22H,5-6,8-10H2. The number of pyridine rings is 1. The third kappa shape index (κ3) is 3.93. The lowest BCUT2D eigenvalue weighted by Gasteiger charge is -2.32. The Morgan fingerprint density at radius 2 is 2.08 bits per heavy atom. The molecule has 1 aromatic carbocycles. The summed E-state index contributed by atoms with van der Waals surface area (Å²) in [4.78, 5) is 28.5. The number of non-ortho nitro benzene ring substituents is 1. The third-order valence-electron chi connectivity index (χ3n) is 4.57. The fourth-order valence-corrected chi connectivity index (χ4v) is 3.18. The van der Waals surface area contributed by atoms with Crippen molar-refractivity contribution in [2.45, 2.75) is 19.3 Å². The molecule has 0 saturated carbocycles. The molecule has 1 N–H and O–H groups in total. The van der Waals surface area contributed by atoms with Gasteiger partial charge in [0.05, 0.1) is 16.6 Å². The van der Waals surface area contributed by atoms with Crippen LogP contribution in [0.25, 0.3) is 0 Å². The molecule has 0 atom stereocenters. The molecule has 7 heteroatoms. The number of aromatic nitrogens is 1. The van der Waals surface area contributed by atoms with Gasteiger partial charge in [-0.05, 0) is 42.9 Å². The first-order chi connectivity index (χ1) is 12.0. The largest absolute Gasteiger partial charge is 0.507 e. The first-order valence-corrected chi connectivity index (χ1v) is 8.20. The number of nitro benzene ring substituents is 1. The van der Waals surface area contributed by atoms with E-state index in [0.29, 0.717) is 19.0 Å². The van der Waals surface area contributed by atoms with Crippen molar-refractivity contribution in [1.29, 1.82) is 0 Å². The molecular weight excluding hydrogens is 322 g/mol. The summed E-state index contributed by atoms with van der Waals surface area (Å²) < 4.78 is 0. The Bertz CT molecular complexity index is 771. The zero-order valence-corrected chi connectivity index (χ0v) is 13.7. The van der Waals surface area contributed by atoms with Crippen LogP contribution in [0.5, 0.6) is 5.75 Å². The first kappa shape index (κ1) is 16.9. The highest BCUT2D eigenvalue weighted by molar-refractivity contribution is 5.97. The van der Waals surface area contributed by atoms with Crippen molar-refractivity contribution in [3.8, 4) is 5.75 Å². The van der Waals surface area contributed by atoms with E-state index < -0.39 is 4.92 Å². The second kappa shape index (κ2) is 7.29. The molecule has 0 unspecified atom stereocenters. The van der Waals surface area contributed by atoms with Gasteiger partial charge in [0.25, 0.3) is 11.6 Å². The van der Waals surface area contributed by atoms with Crippen LogP contribution in [0.4, 0.5) is 5.69 Å². The number of hydrogen-bond acceptors (Lipinski definition) is 5. The number of benzene rings is 1. The van der Waals surface area contributed by atoms with Crippen LogP contribution < -0.4 is 0 Å². The highest BCUT2D eigenvalue weighted by Gasteiger charge is 2.26. The lowest BCUT2D eigenvalue weighted by atomic mass is 9.90. The van der Waals surface area contributed by atoms with Crippen LogP contribution >= 0.6 is 0 Å². The van der Waals surface area contributed by atoms with Gasteiger partial charge < -0.3 is 10.0 Å². The van der Waals surface area contributed by atoms with Crippen LogP contribution in [-0.2, 0) is 6.42 Å². The van der Waals surface area contributed by atoms with E-state index in [1.54, 1.807) is 11.1 Å². The Kier molecular flexibility index (Phi) is 4.92. The Labute approximate surface area is 145 Å². The van der Waals surface area contributed by atoms with Gasteiger partial charge in [0.2, 0.25) is 0 Å². The number of amides is 1. The van der Waals surface area contributed by atoms with Gasteiger partial charge in [0.1, 0.15) is 5.75 Å². The maximum atomic E-state index is 12.6. The molecule has 1 fully saturated rings. The highest BCUT2D eigenvalue weighted by Crippen LogP contribution is 2.27. The van der Waals surface area contributed by atoms with Gasteiger partial charge in [-0.2, -0.15) is 0 Å². The quantitative estimate of drug-likeness (QED) is 0.681. The van der Waals surface area contributed by atoms with E-state index >= 15 is 0 Å². The second-order valence-corrected chi connectivity index (χ2v) is 6.26. The highest BCUT2D eigenvalue weighted by atomic mass is 16.6. The number of carbonyl (C=O) groups is 1. The normalized spacial score (nSPS) is 15.1. The van der Waals surface area contributed by atoms with Crippen LogP contribution in [-0.4, -0.2) is 38.9 Å². The van der Waals surface area contributed by atoms with Crippen molar-refractivity contribution in [2.75, 3.05) is 13.1 Å². The van der Waals surface area contributed by atoms with Gasteiger partial charge in [0.15, 0.2) is 0 Å². The predicted molar refractivity (Wildman–Crippen MR) is 91.3 cm³/mol. The Hall–Kier alpha value is -2.96. The number of nitro groups is 1. The molecule has 2 heterocycles. The monoisotopic (exact) mass is 341 g/mol. The molecular formula is C18H19N3O4. The van der Waals surface area contributed by atoms with Crippen LogP contribution in [0.2, 0.25) is 0 Å². The number of likely N-dealkylation sites (tertiary alicyclic amines) is 1. The van der Waals surface area contributed by atoms with Gasteiger partial charge >= 0.3 is 0 Å². The molecule has 3 rings (SSSR count). The molecule has 1 aliphatic heterocycles. The summed E-state index contributed by atoms with van der Waals surface area (Å²) in [7, 11) is 0. The summed E-state index contributed by atoms with van der Waals surface area (Å²) in [6, 6.07) is 7.55. The smallest absolute Gasteiger partial charge is 0.273 e. The van der Waals surface area contributed by atoms with Crippen LogP contribution in [0.1, 0.15) is 28.8 Å². The molecule has 1 saturated heterocycles. The maximum absolute atomic E-state index is 12.6. The molecule has 1 aliphatic rings. The lowest BCUT2D eigenvalue weighted by molar-refractivity contribution is -0.384. The fraction of sp³-hybridized carbons (Fsp3) is 0.333. The van der Waals surface area contributed by atoms with Gasteiger partial charge in [-0.25, -0.2) is 0 Å². The van der Waals surface area contributed by atoms with E-state index in [0.717, 1.165) is 25.3 Å². The summed E-state index contributed by atoms with van der Waals surface area (Å²) in [6.45, 7) is 1.22. The topological polar surface area (TPSA) is 96.6 Å². The van der Waals surface area contributed by atoms with Crippen LogP contribution in [0.15, 0.2) is 42.7 Å². The van der Waals surface area contributed by atoms with Crippen molar-refractivity contribution in [3.63, 3.8) is 0 Å². The average molecular weight is 341 g/mol. The number of phenols is 1. The minimum Gasteiger partial charge on any atom is -0.507 e. The average Bonchev–Trinajstić information content (AvgIpc) is 2.62. The minimum atomic E-state index is -0.599. The molecule has 1 aromatic heterocycles. The van der Waals surface area contributed by atoms with Crippen molar-refractivity contribution in [3.05, 3.63) is 64.0 Å². The van der Waals surface area contributed by atoms with E-state index in [-0.39, 0.29) is 22.9 Å². The van der Waals surface area contributed by atoms with Crippen molar-refractivity contribution >= 4 is 11.6 Å². The molecule has 7 nitrogen and oxygen atoms in total. The van der Waals surface area contributed by atoms with E-state index in [1.165, 1.54) is 17.7 Å². The molecule has 0 aliphatic carbocycles. The van der Waals surface area contributed by atoms with Crippen molar-refractivity contribution in [2.24, 2.45) is 5.92 Å². The number of hydrogen-bond donors (Lipinski definition) is 1. The summed E-state index contributed by atoms with van der Waals surface area (Å²) in [5, 5.41) is 20.6. The Morgan fingerprint density at radius 3 is 2.68 bits per heavy atom. The van der Waals surface area contributed by atoms with E-state index in [1.807, 2.05) is 12.3 Å². The van der Waals surface area contributed by atoms with Gasteiger partial charge in [0, 0.05) is 31.5 Å². The summed E-state index contributed by atoms with van der Waals surface area (Å²) >= 11 is 0. The number of nitrogens with zero attached hydrogens (tertiary/aromatic N) is 3. The van der Waals surface area contributed by atoms with E-state index in [4.69, 9.17) is 0 Å². The lowest BCUT2D eigenvalue weighted by Crippen LogP contribution is -2.38. The molecule has 2 aromatic rings. The molecule has 0 bridgehead atoms. The van der Waals surface area contributed by atoms with Crippen molar-refractivity contribution < 1.29 is 14.8 Å². The molecule has 0 radical (unpaired) electrons. The zero-order chi connectivity index (χ0) is 17.8. The number of piperidine rings is 1. The van der Waals surface area contributed by atoms with Gasteiger partial charge in [-0.1, -0.05) is 6.07 Å². The second-order valence-electron chi connectivity index (χ2n) is 6.26. The van der Waals surface area contributed by atoms with E-state index in [9.17, 15) is 20.0 Å². The number of carbonyl (C=O) groups excluding carboxylic acids is 1. The molecule has 1 amide bonds. The number of rotatable bonds is 4. The summed E-state index contributed by atoms with van der Waals surface area (Å²) in [5.41, 5.74) is 1.07. The predicted octanol–water partition coefficient (Wildman–Crippen LogP) is 2.79. The third-order valence-corrected chi connectivity index (χ3v) is 4.57. The fourth-order valence-electron chi connectivity index (χ4n) is 3.18. The first-order valence-electron chi connectivity index (χ1n) is 8.20. The number of aromatic hydroxyl groups is 1.